The topological polar surface area (TPSA) is 9.23 Å². The van der Waals surface area contributed by atoms with Gasteiger partial charge < -0.3 is 4.74 Å². The van der Waals surface area contributed by atoms with Crippen LogP contribution < -0.4 is 0 Å². The van der Waals surface area contributed by atoms with Crippen molar-refractivity contribution in [1.82, 2.24) is 0 Å². The van der Waals surface area contributed by atoms with Crippen molar-refractivity contribution < 1.29 is 4.74 Å². The molecule has 0 saturated carbocycles. The molecule has 1 aliphatic heterocycles. The molecule has 1 heterocycles. The largest absolute Gasteiger partial charge is 0.374 e. The van der Waals surface area contributed by atoms with Crippen LogP contribution in [0.25, 0.3) is 0 Å². The van der Waals surface area contributed by atoms with E-state index in [9.17, 15) is 0 Å². The molecule has 0 amide bonds. The third-order valence-electron chi connectivity index (χ3n) is 4.67. The highest BCUT2D eigenvalue weighted by atomic mass is 16.5. The van der Waals surface area contributed by atoms with Gasteiger partial charge >= 0.3 is 0 Å². The first-order valence-electron chi connectivity index (χ1n) is 7.54. The number of rotatable bonds is 3. The maximum atomic E-state index is 6.24. The fourth-order valence-corrected chi connectivity index (χ4v) is 3.56. The Labute approximate surface area is 121 Å². The molecule has 1 saturated heterocycles. The Morgan fingerprint density at radius 2 is 1.45 bits per heavy atom. The summed E-state index contributed by atoms with van der Waals surface area (Å²) < 4.78 is 6.24. The monoisotopic (exact) mass is 266 g/mol. The third-order valence-corrected chi connectivity index (χ3v) is 4.67. The summed E-state index contributed by atoms with van der Waals surface area (Å²) >= 11 is 0. The summed E-state index contributed by atoms with van der Waals surface area (Å²) in [5, 5.41) is 0. The van der Waals surface area contributed by atoms with Crippen molar-refractivity contribution in [3.63, 3.8) is 0 Å². The van der Waals surface area contributed by atoms with Crippen LogP contribution in [0, 0.1) is 0 Å². The standard InChI is InChI=1S/C19H22O/c1-3-18-14-19(15(2)20-18,16-10-6-4-7-11-16)17-12-8-5-9-13-17/h4-13,15,18H,3,14H2,1-2H3. The van der Waals surface area contributed by atoms with Crippen molar-refractivity contribution >= 4 is 0 Å². The lowest BCUT2D eigenvalue weighted by Gasteiger charge is -2.33. The first-order chi connectivity index (χ1) is 9.77. The molecule has 1 fully saturated rings. The molecular formula is C19H22O. The second kappa shape index (κ2) is 5.41. The third kappa shape index (κ3) is 2.06. The lowest BCUT2D eigenvalue weighted by atomic mass is 9.69. The number of hydrogen-bond donors (Lipinski definition) is 0. The van der Waals surface area contributed by atoms with Crippen molar-refractivity contribution in [3.8, 4) is 0 Å². The molecule has 0 aromatic heterocycles. The second-order valence-electron chi connectivity index (χ2n) is 5.72. The molecule has 2 aromatic rings. The van der Waals surface area contributed by atoms with E-state index in [-0.39, 0.29) is 11.5 Å². The zero-order valence-electron chi connectivity index (χ0n) is 12.3. The Bertz CT molecular complexity index is 507. The summed E-state index contributed by atoms with van der Waals surface area (Å²) in [6.07, 6.45) is 2.70. The van der Waals surface area contributed by atoms with Crippen LogP contribution in [0.4, 0.5) is 0 Å². The van der Waals surface area contributed by atoms with Crippen LogP contribution in [0.1, 0.15) is 37.8 Å². The quantitative estimate of drug-likeness (QED) is 0.791. The van der Waals surface area contributed by atoms with Gasteiger partial charge in [0.2, 0.25) is 0 Å². The summed E-state index contributed by atoms with van der Waals surface area (Å²) in [4.78, 5) is 0. The molecule has 2 atom stereocenters. The predicted octanol–water partition coefficient (Wildman–Crippen LogP) is 4.56. The Balaban J connectivity index is 2.14. The van der Waals surface area contributed by atoms with Crippen molar-refractivity contribution in [2.75, 3.05) is 0 Å². The first kappa shape index (κ1) is 13.4. The Hall–Kier alpha value is -1.60. The van der Waals surface area contributed by atoms with E-state index in [1.54, 1.807) is 0 Å². The Morgan fingerprint density at radius 1 is 0.950 bits per heavy atom. The van der Waals surface area contributed by atoms with Crippen LogP contribution >= 0.6 is 0 Å². The molecule has 1 aliphatic rings. The van der Waals surface area contributed by atoms with Gasteiger partial charge in [-0.15, -0.1) is 0 Å². The fourth-order valence-electron chi connectivity index (χ4n) is 3.56. The van der Waals surface area contributed by atoms with Gasteiger partial charge in [-0.1, -0.05) is 67.6 Å². The van der Waals surface area contributed by atoms with Crippen molar-refractivity contribution in [3.05, 3.63) is 71.8 Å². The van der Waals surface area contributed by atoms with Crippen molar-refractivity contribution in [2.45, 2.75) is 44.3 Å². The minimum Gasteiger partial charge on any atom is -0.374 e. The SMILES string of the molecule is CCC1CC(c2ccccc2)(c2ccccc2)C(C)O1. The van der Waals surface area contributed by atoms with Crippen LogP contribution in [0.2, 0.25) is 0 Å². The van der Waals surface area contributed by atoms with Crippen LogP contribution in [0.5, 0.6) is 0 Å². The molecule has 0 radical (unpaired) electrons. The molecule has 0 aliphatic carbocycles. The highest BCUT2D eigenvalue weighted by Gasteiger charge is 2.47. The van der Waals surface area contributed by atoms with Gasteiger partial charge in [0.15, 0.2) is 0 Å². The van der Waals surface area contributed by atoms with Gasteiger partial charge in [0, 0.05) is 5.41 Å². The van der Waals surface area contributed by atoms with Crippen LogP contribution in [-0.2, 0) is 10.2 Å². The fraction of sp³-hybridized carbons (Fsp3) is 0.368. The summed E-state index contributed by atoms with van der Waals surface area (Å²) in [7, 11) is 0. The molecule has 0 N–H and O–H groups in total. The van der Waals surface area contributed by atoms with E-state index in [1.165, 1.54) is 11.1 Å². The average Bonchev–Trinajstić information content (AvgIpc) is 2.87. The molecule has 2 aromatic carbocycles. The summed E-state index contributed by atoms with van der Waals surface area (Å²) in [5.74, 6) is 0. The summed E-state index contributed by atoms with van der Waals surface area (Å²) in [6, 6.07) is 21.7. The number of ether oxygens (including phenoxy) is 1. The van der Waals surface area contributed by atoms with E-state index in [0.29, 0.717) is 6.10 Å². The molecule has 104 valence electrons. The minimum absolute atomic E-state index is 0.0107. The smallest absolute Gasteiger partial charge is 0.0688 e. The zero-order valence-corrected chi connectivity index (χ0v) is 12.3. The van der Waals surface area contributed by atoms with E-state index in [4.69, 9.17) is 4.74 Å². The Kier molecular flexibility index (Phi) is 3.62. The van der Waals surface area contributed by atoms with Gasteiger partial charge in [0.25, 0.3) is 0 Å². The molecule has 1 heteroatoms. The van der Waals surface area contributed by atoms with E-state index < -0.39 is 0 Å². The summed E-state index contributed by atoms with van der Waals surface area (Å²) in [5.41, 5.74) is 2.73. The first-order valence-corrected chi connectivity index (χ1v) is 7.54. The van der Waals surface area contributed by atoms with Crippen molar-refractivity contribution in [2.24, 2.45) is 0 Å². The normalized spacial score (nSPS) is 24.7. The second-order valence-corrected chi connectivity index (χ2v) is 5.72. The highest BCUT2D eigenvalue weighted by Crippen LogP contribution is 2.47. The maximum absolute atomic E-state index is 6.24. The molecular weight excluding hydrogens is 244 g/mol. The molecule has 0 bridgehead atoms. The van der Waals surface area contributed by atoms with E-state index >= 15 is 0 Å². The molecule has 2 unspecified atom stereocenters. The predicted molar refractivity (Wildman–Crippen MR) is 82.9 cm³/mol. The van der Waals surface area contributed by atoms with Crippen LogP contribution in [-0.4, -0.2) is 12.2 Å². The van der Waals surface area contributed by atoms with Gasteiger partial charge in [0.1, 0.15) is 0 Å². The number of hydrogen-bond acceptors (Lipinski definition) is 1. The van der Waals surface area contributed by atoms with E-state index in [1.807, 2.05) is 0 Å². The van der Waals surface area contributed by atoms with Crippen LogP contribution in [0.3, 0.4) is 0 Å². The van der Waals surface area contributed by atoms with Crippen LogP contribution in [0.15, 0.2) is 60.7 Å². The zero-order chi connectivity index (χ0) is 14.0. The van der Waals surface area contributed by atoms with Gasteiger partial charge in [0.05, 0.1) is 12.2 Å². The van der Waals surface area contributed by atoms with E-state index in [2.05, 4.69) is 74.5 Å². The van der Waals surface area contributed by atoms with E-state index in [0.717, 1.165) is 12.8 Å². The molecule has 20 heavy (non-hydrogen) atoms. The number of benzene rings is 2. The summed E-state index contributed by atoms with van der Waals surface area (Å²) in [6.45, 7) is 4.43. The Morgan fingerprint density at radius 3 is 1.85 bits per heavy atom. The highest BCUT2D eigenvalue weighted by molar-refractivity contribution is 5.42. The van der Waals surface area contributed by atoms with Gasteiger partial charge in [-0.2, -0.15) is 0 Å². The lowest BCUT2D eigenvalue weighted by molar-refractivity contribution is 0.0431. The van der Waals surface area contributed by atoms with Gasteiger partial charge in [-0.3, -0.25) is 0 Å². The molecule has 3 rings (SSSR count). The van der Waals surface area contributed by atoms with Gasteiger partial charge in [-0.25, -0.2) is 0 Å². The lowest BCUT2D eigenvalue weighted by Crippen LogP contribution is -2.34. The minimum atomic E-state index is -0.0107. The molecule has 0 spiro atoms. The molecule has 1 nitrogen and oxygen atoms in total. The van der Waals surface area contributed by atoms with Gasteiger partial charge in [-0.05, 0) is 30.9 Å². The average molecular weight is 266 g/mol. The maximum Gasteiger partial charge on any atom is 0.0688 e. The van der Waals surface area contributed by atoms with Crippen molar-refractivity contribution in [1.29, 1.82) is 0 Å².